The normalized spacial score (nSPS) is 11.7. The van der Waals surface area contributed by atoms with Crippen LogP contribution in [0.3, 0.4) is 0 Å². The van der Waals surface area contributed by atoms with Crippen LogP contribution in [0.2, 0.25) is 0 Å². The molecule has 0 aliphatic rings. The number of aryl methyl sites for hydroxylation is 1. The number of nitrogens with zero attached hydrogens (tertiary/aromatic N) is 1. The van der Waals surface area contributed by atoms with E-state index in [0.717, 1.165) is 15.4 Å². The molecule has 10 heteroatoms. The fourth-order valence-corrected chi connectivity index (χ4v) is 5.77. The van der Waals surface area contributed by atoms with Crippen LogP contribution < -0.4 is 24.4 Å². The van der Waals surface area contributed by atoms with Crippen molar-refractivity contribution in [2.75, 3.05) is 30.4 Å². The van der Waals surface area contributed by atoms with E-state index in [4.69, 9.17) is 9.47 Å². The zero-order valence-corrected chi connectivity index (χ0v) is 24.6. The van der Waals surface area contributed by atoms with Crippen molar-refractivity contribution in [2.45, 2.75) is 24.8 Å². The summed E-state index contributed by atoms with van der Waals surface area (Å²) in [5, 5.41) is 5.67. The summed E-state index contributed by atoms with van der Waals surface area (Å²) in [5.74, 6) is -0.381. The second kappa shape index (κ2) is 13.2. The number of hydrogen-bond donors (Lipinski definition) is 2. The molecule has 2 N–H and O–H groups in total. The summed E-state index contributed by atoms with van der Waals surface area (Å²) in [7, 11) is -1.32. The van der Waals surface area contributed by atoms with Crippen molar-refractivity contribution >= 4 is 33.2 Å². The maximum atomic E-state index is 13.9. The second-order valence-electron chi connectivity index (χ2n) is 9.56. The van der Waals surface area contributed by atoms with Gasteiger partial charge in [-0.25, -0.2) is 8.42 Å². The summed E-state index contributed by atoms with van der Waals surface area (Å²) in [6.45, 7) is 3.13. The SMILES string of the molecule is COc1ccc(N(CC(=O)Nc2ccccc2C(=O)N[C@@H](C)c2ccccc2)S(=O)(=O)c2ccc(C)cc2)c(OC)c1. The Morgan fingerprint density at radius 2 is 1.52 bits per heavy atom. The number of rotatable bonds is 11. The Labute approximate surface area is 246 Å². The first-order valence-electron chi connectivity index (χ1n) is 13.2. The summed E-state index contributed by atoms with van der Waals surface area (Å²) in [4.78, 5) is 26.7. The fraction of sp³-hybridized carbons (Fsp3) is 0.188. The molecule has 0 saturated heterocycles. The van der Waals surface area contributed by atoms with Crippen molar-refractivity contribution < 1.29 is 27.5 Å². The average Bonchev–Trinajstić information content (AvgIpc) is 3.00. The molecular weight excluding hydrogens is 554 g/mol. The van der Waals surface area contributed by atoms with Crippen LogP contribution in [0.15, 0.2) is 102 Å². The molecule has 0 unspecified atom stereocenters. The van der Waals surface area contributed by atoms with Crippen LogP contribution in [0.1, 0.15) is 34.5 Å². The minimum atomic E-state index is -4.21. The maximum Gasteiger partial charge on any atom is 0.264 e. The molecule has 218 valence electrons. The average molecular weight is 588 g/mol. The number of ether oxygens (including phenoxy) is 2. The Kier molecular flexibility index (Phi) is 9.49. The zero-order chi connectivity index (χ0) is 30.3. The summed E-state index contributed by atoms with van der Waals surface area (Å²) >= 11 is 0. The molecule has 0 fully saturated rings. The standard InChI is InChI=1S/C32H33N3O6S/c1-22-14-17-26(18-15-22)42(38,39)35(29-19-16-25(40-3)20-30(29)41-4)21-31(36)34-28-13-9-8-12-27(28)32(37)33-23(2)24-10-6-5-7-11-24/h5-20,23H,21H2,1-4H3,(H,33,37)(H,34,36)/t23-/m0/s1. The van der Waals surface area contributed by atoms with Crippen molar-refractivity contribution in [3.05, 3.63) is 114 Å². The van der Waals surface area contributed by atoms with Gasteiger partial charge < -0.3 is 20.1 Å². The lowest BCUT2D eigenvalue weighted by atomic mass is 10.1. The highest BCUT2D eigenvalue weighted by Crippen LogP contribution is 2.35. The number of amides is 2. The van der Waals surface area contributed by atoms with E-state index >= 15 is 0 Å². The molecule has 0 aliphatic heterocycles. The fourth-order valence-electron chi connectivity index (χ4n) is 4.34. The van der Waals surface area contributed by atoms with E-state index in [9.17, 15) is 18.0 Å². The topological polar surface area (TPSA) is 114 Å². The van der Waals surface area contributed by atoms with Gasteiger partial charge in [-0.3, -0.25) is 13.9 Å². The number of anilines is 2. The molecule has 4 rings (SSSR count). The van der Waals surface area contributed by atoms with Gasteiger partial charge in [0.1, 0.15) is 18.0 Å². The Bertz CT molecular complexity index is 1660. The van der Waals surface area contributed by atoms with E-state index in [1.165, 1.54) is 32.4 Å². The van der Waals surface area contributed by atoms with Crippen molar-refractivity contribution in [3.63, 3.8) is 0 Å². The molecule has 0 saturated carbocycles. The lowest BCUT2D eigenvalue weighted by molar-refractivity contribution is -0.114. The van der Waals surface area contributed by atoms with Crippen LogP contribution in [-0.2, 0) is 14.8 Å². The Balaban J connectivity index is 1.64. The lowest BCUT2D eigenvalue weighted by Gasteiger charge is -2.26. The smallest absolute Gasteiger partial charge is 0.264 e. The molecule has 0 aromatic heterocycles. The van der Waals surface area contributed by atoms with E-state index in [1.54, 1.807) is 48.5 Å². The second-order valence-corrected chi connectivity index (χ2v) is 11.4. The van der Waals surface area contributed by atoms with Crippen LogP contribution in [0.5, 0.6) is 11.5 Å². The molecule has 0 radical (unpaired) electrons. The van der Waals surface area contributed by atoms with Crippen molar-refractivity contribution in [2.24, 2.45) is 0 Å². The molecule has 4 aromatic carbocycles. The van der Waals surface area contributed by atoms with Crippen LogP contribution in [-0.4, -0.2) is 41.0 Å². The van der Waals surface area contributed by atoms with Gasteiger partial charge in [0, 0.05) is 6.07 Å². The molecule has 42 heavy (non-hydrogen) atoms. The maximum absolute atomic E-state index is 13.9. The number of para-hydroxylation sites is 1. The number of sulfonamides is 1. The third kappa shape index (κ3) is 6.90. The first-order valence-corrected chi connectivity index (χ1v) is 14.6. The highest BCUT2D eigenvalue weighted by molar-refractivity contribution is 7.92. The van der Waals surface area contributed by atoms with E-state index in [1.807, 2.05) is 44.2 Å². The van der Waals surface area contributed by atoms with E-state index in [-0.39, 0.29) is 39.5 Å². The van der Waals surface area contributed by atoms with Crippen molar-refractivity contribution in [1.29, 1.82) is 0 Å². The largest absolute Gasteiger partial charge is 0.497 e. The molecule has 0 spiro atoms. The Morgan fingerprint density at radius 3 is 2.19 bits per heavy atom. The Morgan fingerprint density at radius 1 is 0.857 bits per heavy atom. The number of methoxy groups -OCH3 is 2. The molecule has 0 heterocycles. The number of nitrogens with one attached hydrogen (secondary N) is 2. The minimum absolute atomic E-state index is 0.00782. The predicted molar refractivity (Wildman–Crippen MR) is 163 cm³/mol. The number of carbonyl (C=O) groups is 2. The summed E-state index contributed by atoms with van der Waals surface area (Å²) in [6, 6.07) is 26.7. The van der Waals surface area contributed by atoms with Crippen LogP contribution in [0, 0.1) is 6.92 Å². The van der Waals surface area contributed by atoms with Gasteiger partial charge >= 0.3 is 0 Å². The molecule has 0 aliphatic carbocycles. The monoisotopic (exact) mass is 587 g/mol. The first kappa shape index (κ1) is 30.1. The van der Waals surface area contributed by atoms with Crippen LogP contribution >= 0.6 is 0 Å². The third-order valence-corrected chi connectivity index (χ3v) is 8.42. The van der Waals surface area contributed by atoms with Gasteiger partial charge in [-0.2, -0.15) is 0 Å². The highest BCUT2D eigenvalue weighted by atomic mass is 32.2. The van der Waals surface area contributed by atoms with Crippen LogP contribution in [0.25, 0.3) is 0 Å². The van der Waals surface area contributed by atoms with Crippen LogP contribution in [0.4, 0.5) is 11.4 Å². The highest BCUT2D eigenvalue weighted by Gasteiger charge is 2.30. The quantitative estimate of drug-likeness (QED) is 0.245. The van der Waals surface area contributed by atoms with Gasteiger partial charge in [0.25, 0.3) is 15.9 Å². The van der Waals surface area contributed by atoms with Gasteiger partial charge in [0.05, 0.1) is 42.1 Å². The van der Waals surface area contributed by atoms with Gasteiger partial charge in [0.2, 0.25) is 5.91 Å². The van der Waals surface area contributed by atoms with Gasteiger partial charge in [0.15, 0.2) is 0 Å². The molecular formula is C32H33N3O6S. The third-order valence-electron chi connectivity index (χ3n) is 6.64. The molecule has 2 amide bonds. The predicted octanol–water partition coefficient (Wildman–Crippen LogP) is 5.34. The minimum Gasteiger partial charge on any atom is -0.497 e. The van der Waals surface area contributed by atoms with Gasteiger partial charge in [-0.15, -0.1) is 0 Å². The van der Waals surface area contributed by atoms with E-state index < -0.39 is 22.5 Å². The number of benzene rings is 4. The molecule has 4 aromatic rings. The molecule has 1 atom stereocenters. The van der Waals surface area contributed by atoms with Crippen molar-refractivity contribution in [3.8, 4) is 11.5 Å². The molecule has 0 bridgehead atoms. The molecule has 9 nitrogen and oxygen atoms in total. The number of hydrogen-bond acceptors (Lipinski definition) is 6. The van der Waals surface area contributed by atoms with Gasteiger partial charge in [-0.1, -0.05) is 60.2 Å². The number of carbonyl (C=O) groups excluding carboxylic acids is 2. The van der Waals surface area contributed by atoms with Gasteiger partial charge in [-0.05, 0) is 55.8 Å². The lowest BCUT2D eigenvalue weighted by Crippen LogP contribution is -2.38. The van der Waals surface area contributed by atoms with E-state index in [2.05, 4.69) is 10.6 Å². The first-order chi connectivity index (χ1) is 20.1. The van der Waals surface area contributed by atoms with E-state index in [0.29, 0.717) is 5.75 Å². The zero-order valence-electron chi connectivity index (χ0n) is 23.8. The van der Waals surface area contributed by atoms with Crippen molar-refractivity contribution in [1.82, 2.24) is 5.32 Å². The summed E-state index contributed by atoms with van der Waals surface area (Å²) < 4.78 is 39.5. The Hall–Kier alpha value is -4.83. The summed E-state index contributed by atoms with van der Waals surface area (Å²) in [5.41, 5.74) is 2.45. The summed E-state index contributed by atoms with van der Waals surface area (Å²) in [6.07, 6.45) is 0.